The largest absolute Gasteiger partial charge is 0.352 e. The lowest BCUT2D eigenvalue weighted by Crippen LogP contribution is -2.32. The van der Waals surface area contributed by atoms with Gasteiger partial charge < -0.3 is 11.1 Å². The van der Waals surface area contributed by atoms with Crippen molar-refractivity contribution in [2.75, 3.05) is 6.54 Å². The highest BCUT2D eigenvalue weighted by Gasteiger charge is 2.10. The van der Waals surface area contributed by atoms with E-state index in [9.17, 15) is 4.79 Å². The van der Waals surface area contributed by atoms with Gasteiger partial charge in [-0.05, 0) is 43.0 Å². The Hall–Kier alpha value is -1.35. The molecule has 0 aliphatic heterocycles. The van der Waals surface area contributed by atoms with E-state index in [1.807, 2.05) is 6.92 Å². The first kappa shape index (κ1) is 13.7. The van der Waals surface area contributed by atoms with Crippen LogP contribution in [0.3, 0.4) is 0 Å². The Morgan fingerprint density at radius 1 is 1.24 bits per heavy atom. The minimum atomic E-state index is -0.123. The summed E-state index contributed by atoms with van der Waals surface area (Å²) in [6.45, 7) is 9.06. The van der Waals surface area contributed by atoms with Crippen LogP contribution in [0.15, 0.2) is 12.1 Å². The Bertz CT molecular complexity index is 413. The van der Waals surface area contributed by atoms with Crippen molar-refractivity contribution in [1.29, 1.82) is 0 Å². The smallest absolute Gasteiger partial charge is 0.224 e. The Kier molecular flexibility index (Phi) is 4.70. The molecule has 0 aliphatic carbocycles. The normalized spacial score (nSPS) is 12.3. The third-order valence-corrected chi connectivity index (χ3v) is 3.21. The number of hydrogen-bond donors (Lipinski definition) is 2. The molecule has 0 bridgehead atoms. The van der Waals surface area contributed by atoms with Gasteiger partial charge in [0.25, 0.3) is 0 Å². The van der Waals surface area contributed by atoms with Gasteiger partial charge in [-0.2, -0.15) is 0 Å². The topological polar surface area (TPSA) is 55.1 Å². The van der Waals surface area contributed by atoms with Gasteiger partial charge in [-0.1, -0.05) is 19.1 Å². The number of nitrogens with one attached hydrogen (secondary N) is 1. The zero-order chi connectivity index (χ0) is 13.0. The molecule has 1 atom stereocenters. The summed E-state index contributed by atoms with van der Waals surface area (Å²) in [5.41, 5.74) is 10.4. The fourth-order valence-electron chi connectivity index (χ4n) is 1.67. The molecule has 1 aromatic carbocycles. The molecule has 94 valence electrons. The van der Waals surface area contributed by atoms with Crippen molar-refractivity contribution in [1.82, 2.24) is 5.32 Å². The van der Waals surface area contributed by atoms with Crippen LogP contribution in [0.25, 0.3) is 0 Å². The summed E-state index contributed by atoms with van der Waals surface area (Å²) in [6, 6.07) is 4.29. The maximum Gasteiger partial charge on any atom is 0.224 e. The maximum atomic E-state index is 11.6. The number of carbonyl (C=O) groups is 1. The van der Waals surface area contributed by atoms with Crippen LogP contribution in [-0.4, -0.2) is 12.5 Å². The molecule has 0 aliphatic rings. The lowest BCUT2D eigenvalue weighted by atomic mass is 10.0. The lowest BCUT2D eigenvalue weighted by molar-refractivity contribution is -0.124. The van der Waals surface area contributed by atoms with E-state index in [0.717, 1.165) is 0 Å². The minimum absolute atomic E-state index is 0.0186. The molecule has 0 spiro atoms. The molecule has 3 N–H and O–H groups in total. The standard InChI is InChI=1S/C14H22N2O/c1-9-5-11(3)13(6-10(9)2)8-16-14(17)12(4)7-15/h5-6,12H,7-8,15H2,1-4H3,(H,16,17). The van der Waals surface area contributed by atoms with Gasteiger partial charge in [0.1, 0.15) is 0 Å². The number of carbonyl (C=O) groups excluding carboxylic acids is 1. The predicted molar refractivity (Wildman–Crippen MR) is 70.7 cm³/mol. The summed E-state index contributed by atoms with van der Waals surface area (Å²) < 4.78 is 0. The molecule has 0 radical (unpaired) electrons. The van der Waals surface area contributed by atoms with E-state index in [1.165, 1.54) is 22.3 Å². The Morgan fingerprint density at radius 3 is 2.41 bits per heavy atom. The highest BCUT2D eigenvalue weighted by atomic mass is 16.1. The molecule has 3 heteroatoms. The molecule has 17 heavy (non-hydrogen) atoms. The van der Waals surface area contributed by atoms with E-state index in [2.05, 4.69) is 38.2 Å². The van der Waals surface area contributed by atoms with Gasteiger partial charge in [-0.25, -0.2) is 0 Å². The monoisotopic (exact) mass is 234 g/mol. The van der Waals surface area contributed by atoms with E-state index >= 15 is 0 Å². The molecule has 3 nitrogen and oxygen atoms in total. The van der Waals surface area contributed by atoms with Crippen molar-refractivity contribution in [3.63, 3.8) is 0 Å². The quantitative estimate of drug-likeness (QED) is 0.835. The summed E-state index contributed by atoms with van der Waals surface area (Å²) in [7, 11) is 0. The fraction of sp³-hybridized carbons (Fsp3) is 0.500. The molecule has 1 amide bonds. The molecular weight excluding hydrogens is 212 g/mol. The van der Waals surface area contributed by atoms with Crippen LogP contribution in [0, 0.1) is 26.7 Å². The van der Waals surface area contributed by atoms with Crippen LogP contribution in [0.1, 0.15) is 29.2 Å². The molecule has 0 fully saturated rings. The minimum Gasteiger partial charge on any atom is -0.352 e. The van der Waals surface area contributed by atoms with Gasteiger partial charge >= 0.3 is 0 Å². The summed E-state index contributed by atoms with van der Waals surface area (Å²) in [4.78, 5) is 11.6. The lowest BCUT2D eigenvalue weighted by Gasteiger charge is -2.13. The van der Waals surface area contributed by atoms with Crippen LogP contribution < -0.4 is 11.1 Å². The summed E-state index contributed by atoms with van der Waals surface area (Å²) in [5.74, 6) is -0.105. The second kappa shape index (κ2) is 5.82. The molecule has 0 saturated carbocycles. The summed E-state index contributed by atoms with van der Waals surface area (Å²) in [5, 5.41) is 2.92. The second-order valence-electron chi connectivity index (χ2n) is 4.72. The van der Waals surface area contributed by atoms with E-state index in [1.54, 1.807) is 0 Å². The van der Waals surface area contributed by atoms with Crippen molar-refractivity contribution in [3.8, 4) is 0 Å². The number of rotatable bonds is 4. The van der Waals surface area contributed by atoms with Gasteiger partial charge in [0, 0.05) is 19.0 Å². The number of hydrogen-bond acceptors (Lipinski definition) is 2. The Balaban J connectivity index is 2.70. The molecule has 1 aromatic rings. The molecule has 1 rings (SSSR count). The Labute approximate surface area is 103 Å². The first-order valence-corrected chi connectivity index (χ1v) is 6.00. The number of benzene rings is 1. The predicted octanol–water partition coefficient (Wildman–Crippen LogP) is 1.82. The van der Waals surface area contributed by atoms with Crippen molar-refractivity contribution >= 4 is 5.91 Å². The molecule has 0 aromatic heterocycles. The van der Waals surface area contributed by atoms with Gasteiger partial charge in [0.2, 0.25) is 5.91 Å². The number of nitrogens with two attached hydrogens (primary N) is 1. The van der Waals surface area contributed by atoms with E-state index in [0.29, 0.717) is 13.1 Å². The van der Waals surface area contributed by atoms with Crippen molar-refractivity contribution in [2.24, 2.45) is 11.7 Å². The van der Waals surface area contributed by atoms with Crippen LogP contribution in [0.4, 0.5) is 0 Å². The third kappa shape index (κ3) is 3.56. The van der Waals surface area contributed by atoms with Gasteiger partial charge in [0.15, 0.2) is 0 Å². The third-order valence-electron chi connectivity index (χ3n) is 3.21. The van der Waals surface area contributed by atoms with Crippen LogP contribution >= 0.6 is 0 Å². The van der Waals surface area contributed by atoms with Crippen molar-refractivity contribution in [2.45, 2.75) is 34.2 Å². The highest BCUT2D eigenvalue weighted by molar-refractivity contribution is 5.78. The van der Waals surface area contributed by atoms with Crippen molar-refractivity contribution < 1.29 is 4.79 Å². The fourth-order valence-corrected chi connectivity index (χ4v) is 1.67. The average Bonchev–Trinajstić information content (AvgIpc) is 2.30. The van der Waals surface area contributed by atoms with Crippen LogP contribution in [0.2, 0.25) is 0 Å². The van der Waals surface area contributed by atoms with Crippen LogP contribution in [0.5, 0.6) is 0 Å². The molecule has 0 saturated heterocycles. The first-order valence-electron chi connectivity index (χ1n) is 6.00. The second-order valence-corrected chi connectivity index (χ2v) is 4.72. The van der Waals surface area contributed by atoms with E-state index < -0.39 is 0 Å². The summed E-state index contributed by atoms with van der Waals surface area (Å²) in [6.07, 6.45) is 0. The van der Waals surface area contributed by atoms with E-state index in [-0.39, 0.29) is 11.8 Å². The number of aryl methyl sites for hydroxylation is 3. The van der Waals surface area contributed by atoms with Crippen molar-refractivity contribution in [3.05, 3.63) is 34.4 Å². The zero-order valence-electron chi connectivity index (χ0n) is 11.1. The van der Waals surface area contributed by atoms with Gasteiger partial charge in [0.05, 0.1) is 0 Å². The van der Waals surface area contributed by atoms with Crippen LogP contribution in [-0.2, 0) is 11.3 Å². The maximum absolute atomic E-state index is 11.6. The van der Waals surface area contributed by atoms with Gasteiger partial charge in [-0.15, -0.1) is 0 Å². The molecular formula is C14H22N2O. The summed E-state index contributed by atoms with van der Waals surface area (Å²) >= 11 is 0. The van der Waals surface area contributed by atoms with Gasteiger partial charge in [-0.3, -0.25) is 4.79 Å². The first-order chi connectivity index (χ1) is 7.95. The average molecular weight is 234 g/mol. The van der Waals surface area contributed by atoms with E-state index in [4.69, 9.17) is 5.73 Å². The zero-order valence-corrected chi connectivity index (χ0v) is 11.1. The Morgan fingerprint density at radius 2 is 1.82 bits per heavy atom. The molecule has 0 heterocycles. The number of amides is 1. The molecule has 1 unspecified atom stereocenters. The SMILES string of the molecule is Cc1cc(C)c(CNC(=O)C(C)CN)cc1C. The highest BCUT2D eigenvalue weighted by Crippen LogP contribution is 2.15.